The molecule has 0 bridgehead atoms. The van der Waals surface area contributed by atoms with Gasteiger partial charge >= 0.3 is 14.1 Å². The van der Waals surface area contributed by atoms with Crippen molar-refractivity contribution in [2.24, 2.45) is 0 Å². The van der Waals surface area contributed by atoms with Gasteiger partial charge in [0, 0.05) is 18.1 Å². The molecule has 3 fully saturated rings. The topological polar surface area (TPSA) is 87.3 Å². The molecule has 7 heteroatoms. The van der Waals surface area contributed by atoms with Gasteiger partial charge < -0.3 is 30.3 Å². The van der Waals surface area contributed by atoms with Crippen molar-refractivity contribution in [3.63, 3.8) is 0 Å². The summed E-state index contributed by atoms with van der Waals surface area (Å²) in [5, 5.41) is 9.50. The lowest BCUT2D eigenvalue weighted by Gasteiger charge is -2.20. The third-order valence-corrected chi connectivity index (χ3v) is 7.98. The van der Waals surface area contributed by atoms with E-state index in [0.717, 1.165) is 58.2 Å². The lowest BCUT2D eigenvalue weighted by atomic mass is 10.2. The van der Waals surface area contributed by atoms with Gasteiger partial charge in [-0.1, -0.05) is 0 Å². The molecule has 0 aliphatic carbocycles. The Kier molecular flexibility index (Phi) is 5.43. The predicted molar refractivity (Wildman–Crippen MR) is 83.8 cm³/mol. The molecule has 3 aliphatic rings. The van der Waals surface area contributed by atoms with Gasteiger partial charge in [-0.2, -0.15) is 0 Å². The van der Waals surface area contributed by atoms with Crippen LogP contribution >= 0.6 is 0 Å². The van der Waals surface area contributed by atoms with Crippen LogP contribution in [0.1, 0.15) is 38.5 Å². The normalized spacial score (nSPS) is 31.4. The van der Waals surface area contributed by atoms with E-state index in [0.29, 0.717) is 0 Å². The van der Waals surface area contributed by atoms with Crippen molar-refractivity contribution in [2.75, 3.05) is 19.6 Å². The Bertz CT molecular complexity index is 386. The first-order valence-electron chi connectivity index (χ1n) is 8.50. The molecule has 0 spiro atoms. The zero-order valence-corrected chi connectivity index (χ0v) is 14.1. The summed E-state index contributed by atoms with van der Waals surface area (Å²) in [6.45, 7) is 2.43. The molecule has 0 saturated carbocycles. The molecule has 3 saturated heterocycles. The number of nitrogens with one attached hydrogen (secondary N) is 3. The number of carbonyl (C=O) groups is 3. The Labute approximate surface area is 135 Å². The minimum Gasteiger partial charge on any atom is -0.318 e. The van der Waals surface area contributed by atoms with Gasteiger partial charge in [0.05, 0.1) is 13.9 Å². The molecule has 0 amide bonds. The maximum absolute atomic E-state index is 12.8. The molecular formula is C15H24AlN3O3. The lowest BCUT2D eigenvalue weighted by Crippen LogP contribution is -2.59. The number of rotatable bonds is 6. The fraction of sp³-hybridized carbons (Fsp3) is 0.800. The summed E-state index contributed by atoms with van der Waals surface area (Å²) in [5.74, 6) is 0. The molecule has 6 nitrogen and oxygen atoms in total. The molecule has 0 aromatic rings. The van der Waals surface area contributed by atoms with Crippen LogP contribution in [0.25, 0.3) is 0 Å². The highest BCUT2D eigenvalue weighted by Gasteiger charge is 2.51. The molecule has 3 N–H and O–H groups in total. The molecule has 3 atom stereocenters. The molecule has 0 aromatic carbocycles. The van der Waals surface area contributed by atoms with E-state index in [9.17, 15) is 14.4 Å². The fourth-order valence-electron chi connectivity index (χ4n) is 3.81. The van der Waals surface area contributed by atoms with E-state index >= 15 is 0 Å². The van der Waals surface area contributed by atoms with Crippen LogP contribution in [0.15, 0.2) is 0 Å². The van der Waals surface area contributed by atoms with Crippen molar-refractivity contribution in [3.8, 4) is 0 Å². The first-order valence-corrected chi connectivity index (χ1v) is 10.2. The Morgan fingerprint density at radius 1 is 0.636 bits per heavy atom. The summed E-state index contributed by atoms with van der Waals surface area (Å²) >= 11 is -2.78. The van der Waals surface area contributed by atoms with E-state index in [2.05, 4.69) is 16.0 Å². The van der Waals surface area contributed by atoms with Crippen molar-refractivity contribution >= 4 is 28.1 Å². The molecule has 0 aromatic heterocycles. The van der Waals surface area contributed by atoms with Crippen molar-refractivity contribution < 1.29 is 14.4 Å². The first-order chi connectivity index (χ1) is 10.7. The first kappa shape index (κ1) is 16.3. The van der Waals surface area contributed by atoms with E-state index < -0.39 is 14.1 Å². The predicted octanol–water partition coefficient (Wildman–Crippen LogP) is -0.938. The summed E-state index contributed by atoms with van der Waals surface area (Å²) in [7, 11) is 0. The average molecular weight is 321 g/mol. The molecular weight excluding hydrogens is 297 g/mol. The van der Waals surface area contributed by atoms with Gasteiger partial charge in [-0.15, -0.1) is 0 Å². The lowest BCUT2D eigenvalue weighted by molar-refractivity contribution is -0.120. The third kappa shape index (κ3) is 3.34. The van der Waals surface area contributed by atoms with Gasteiger partial charge in [-0.3, -0.25) is 0 Å². The summed E-state index contributed by atoms with van der Waals surface area (Å²) in [4.78, 5) is 38.5. The second-order valence-corrected chi connectivity index (χ2v) is 9.16. The standard InChI is InChI=1S/3C5H8NO.Al/c3*7-4-5-2-1-3-6-5;/h3*5-6H,1-3H2;/t3*5-;/m000./s1. The minimum absolute atomic E-state index is 0.0742. The number of hydrogen-bond acceptors (Lipinski definition) is 6. The molecule has 0 unspecified atom stereocenters. The maximum atomic E-state index is 12.8. The number of hydrogen-bond donors (Lipinski definition) is 3. The van der Waals surface area contributed by atoms with Crippen LogP contribution in [0.3, 0.4) is 0 Å². The summed E-state index contributed by atoms with van der Waals surface area (Å²) in [6.07, 6.45) is 5.13. The summed E-state index contributed by atoms with van der Waals surface area (Å²) < 4.78 is -0.222. The van der Waals surface area contributed by atoms with Crippen LogP contribution in [-0.2, 0) is 14.4 Å². The molecule has 3 rings (SSSR count). The van der Waals surface area contributed by atoms with Crippen LogP contribution in [0, 0.1) is 0 Å². The van der Waals surface area contributed by atoms with Crippen LogP contribution in [0.5, 0.6) is 0 Å². The SMILES string of the molecule is O=[C]([C@@H]1CCCN1)[Al]([C](=O)[C@@H]1CCCN1)[C](=O)[C@@H]1CCCN1. The van der Waals surface area contributed by atoms with Crippen molar-refractivity contribution in [1.82, 2.24) is 16.0 Å². The van der Waals surface area contributed by atoms with Gasteiger partial charge in [0.2, 0.25) is 0 Å². The molecule has 120 valence electrons. The smallest absolute Gasteiger partial charge is 0.318 e. The Morgan fingerprint density at radius 2 is 0.955 bits per heavy atom. The molecule has 3 aliphatic heterocycles. The monoisotopic (exact) mass is 321 g/mol. The third-order valence-electron chi connectivity index (χ3n) is 5.06. The zero-order chi connectivity index (χ0) is 15.5. The van der Waals surface area contributed by atoms with Gasteiger partial charge in [-0.25, -0.2) is 0 Å². The van der Waals surface area contributed by atoms with Crippen LogP contribution < -0.4 is 16.0 Å². The van der Waals surface area contributed by atoms with Crippen LogP contribution in [-0.4, -0.2) is 65.8 Å². The highest BCUT2D eigenvalue weighted by atomic mass is 27.2. The summed E-state index contributed by atoms with van der Waals surface area (Å²) in [5.41, 5.74) is 0. The van der Waals surface area contributed by atoms with Crippen molar-refractivity contribution in [1.29, 1.82) is 0 Å². The van der Waals surface area contributed by atoms with E-state index in [1.165, 1.54) is 0 Å². The Morgan fingerprint density at radius 3 is 1.18 bits per heavy atom. The summed E-state index contributed by atoms with van der Waals surface area (Å²) in [6, 6.07) is -0.813. The van der Waals surface area contributed by atoms with Gasteiger partial charge in [0.1, 0.15) is 0 Å². The largest absolute Gasteiger partial charge is 0.556 e. The van der Waals surface area contributed by atoms with E-state index in [1.54, 1.807) is 0 Å². The van der Waals surface area contributed by atoms with Crippen molar-refractivity contribution in [3.05, 3.63) is 0 Å². The van der Waals surface area contributed by atoms with Gasteiger partial charge in [0.25, 0.3) is 0 Å². The zero-order valence-electron chi connectivity index (χ0n) is 12.9. The van der Waals surface area contributed by atoms with Gasteiger partial charge in [-0.05, 0) is 58.2 Å². The highest BCUT2D eigenvalue weighted by Crippen LogP contribution is 2.16. The van der Waals surface area contributed by atoms with E-state index in [1.807, 2.05) is 0 Å². The maximum Gasteiger partial charge on any atom is 0.556 e. The quantitative estimate of drug-likeness (QED) is 0.548. The molecule has 3 heterocycles. The molecule has 22 heavy (non-hydrogen) atoms. The van der Waals surface area contributed by atoms with Crippen molar-refractivity contribution in [2.45, 2.75) is 56.7 Å². The Balaban J connectivity index is 1.78. The van der Waals surface area contributed by atoms with Gasteiger partial charge in [0.15, 0.2) is 0 Å². The average Bonchev–Trinajstić information content (AvgIpc) is 3.29. The van der Waals surface area contributed by atoms with Crippen LogP contribution in [0.2, 0.25) is 0 Å². The second-order valence-electron chi connectivity index (χ2n) is 6.59. The van der Waals surface area contributed by atoms with E-state index in [-0.39, 0.29) is 32.1 Å². The highest BCUT2D eigenvalue weighted by molar-refractivity contribution is 7.28. The van der Waals surface area contributed by atoms with E-state index in [4.69, 9.17) is 0 Å². The number of carbonyl (C=O) groups excluding carboxylic acids is 3. The Hall–Kier alpha value is -0.578. The fourth-order valence-corrected chi connectivity index (χ4v) is 6.71. The minimum atomic E-state index is -2.78. The second kappa shape index (κ2) is 7.33. The molecule has 0 radical (unpaired) electrons. The van der Waals surface area contributed by atoms with Crippen LogP contribution in [0.4, 0.5) is 0 Å².